The highest BCUT2D eigenvalue weighted by Crippen LogP contribution is 2.31. The van der Waals surface area contributed by atoms with Gasteiger partial charge in [-0.25, -0.2) is 13.6 Å². The van der Waals surface area contributed by atoms with Crippen molar-refractivity contribution in [1.29, 1.82) is 0 Å². The van der Waals surface area contributed by atoms with Crippen LogP contribution in [0.1, 0.15) is 22.3 Å². The lowest BCUT2D eigenvalue weighted by molar-refractivity contribution is 0.0996. The second-order valence-corrected chi connectivity index (χ2v) is 6.34. The van der Waals surface area contributed by atoms with Crippen LogP contribution in [-0.4, -0.2) is 34.6 Å². The zero-order valence-electron chi connectivity index (χ0n) is 13.7. The molecule has 1 aromatic heterocycles. The minimum atomic E-state index is -0.924. The van der Waals surface area contributed by atoms with Crippen LogP contribution in [0.4, 0.5) is 18.6 Å². The van der Waals surface area contributed by atoms with Crippen LogP contribution in [-0.2, 0) is 6.61 Å². The maximum absolute atomic E-state index is 13.8. The van der Waals surface area contributed by atoms with Crippen LogP contribution in [0.3, 0.4) is 0 Å². The van der Waals surface area contributed by atoms with Gasteiger partial charge in [0, 0.05) is 18.7 Å². The molecule has 0 atom stereocenters. The predicted molar refractivity (Wildman–Crippen MR) is 95.1 cm³/mol. The minimum absolute atomic E-state index is 0.0294. The number of carbonyl (C=O) groups excluding carboxylic acids is 2. The molecule has 8 nitrogen and oxygen atoms in total. The predicted octanol–water partition coefficient (Wildman–Crippen LogP) is 2.26. The van der Waals surface area contributed by atoms with Gasteiger partial charge in [0.15, 0.2) is 0 Å². The van der Waals surface area contributed by atoms with Gasteiger partial charge in [-0.3, -0.25) is 10.1 Å². The van der Waals surface area contributed by atoms with Crippen molar-refractivity contribution in [3.05, 3.63) is 39.9 Å². The third kappa shape index (κ3) is 5.49. The van der Waals surface area contributed by atoms with E-state index in [1.807, 2.05) is 0 Å². The Morgan fingerprint density at radius 2 is 2.07 bits per heavy atom. The van der Waals surface area contributed by atoms with E-state index in [9.17, 15) is 18.4 Å². The fraction of sp³-hybridized carbons (Fsp3) is 0.267. The summed E-state index contributed by atoms with van der Waals surface area (Å²) >= 11 is 6.21. The van der Waals surface area contributed by atoms with E-state index in [2.05, 4.69) is 15.0 Å². The Balaban J connectivity index is 2.11. The number of primary amides is 1. The standard InChI is InChI=1S/C15H15ClF2N4O4S/c16-8-5-9(17)7(4-10(8)18)6-26-13-11(12(19)24)14(27-22-13)21-15(25)20-2-1-3-23/h4-5,23H,1-3,6H2,(H2,19,24)(H2,20,21,25). The average Bonchev–Trinajstić information content (AvgIpc) is 3.00. The highest BCUT2D eigenvalue weighted by Gasteiger charge is 2.22. The number of benzene rings is 1. The average molecular weight is 421 g/mol. The van der Waals surface area contributed by atoms with E-state index < -0.39 is 30.2 Å². The fourth-order valence-corrected chi connectivity index (χ4v) is 2.81. The first kappa shape index (κ1) is 20.8. The zero-order valence-corrected chi connectivity index (χ0v) is 15.3. The summed E-state index contributed by atoms with van der Waals surface area (Å²) in [4.78, 5) is 23.4. The van der Waals surface area contributed by atoms with Crippen molar-refractivity contribution in [2.45, 2.75) is 13.0 Å². The molecule has 0 saturated carbocycles. The summed E-state index contributed by atoms with van der Waals surface area (Å²) < 4.78 is 36.4. The molecule has 2 aromatic rings. The van der Waals surface area contributed by atoms with E-state index in [0.29, 0.717) is 6.42 Å². The fourth-order valence-electron chi connectivity index (χ4n) is 1.93. The van der Waals surface area contributed by atoms with Gasteiger partial charge < -0.3 is 20.9 Å². The number of aliphatic hydroxyl groups excluding tert-OH is 1. The maximum Gasteiger partial charge on any atom is 0.319 e. The second kappa shape index (κ2) is 9.44. The Kier molecular flexibility index (Phi) is 7.28. The monoisotopic (exact) mass is 420 g/mol. The van der Waals surface area contributed by atoms with Crippen LogP contribution in [0.5, 0.6) is 5.88 Å². The summed E-state index contributed by atoms with van der Waals surface area (Å²) in [5, 5.41) is 13.2. The van der Waals surface area contributed by atoms with Crippen molar-refractivity contribution in [3.63, 3.8) is 0 Å². The quantitative estimate of drug-likeness (QED) is 0.385. The number of ether oxygens (including phenoxy) is 1. The van der Waals surface area contributed by atoms with E-state index >= 15 is 0 Å². The van der Waals surface area contributed by atoms with E-state index in [4.69, 9.17) is 27.2 Å². The van der Waals surface area contributed by atoms with Crippen molar-refractivity contribution in [2.24, 2.45) is 5.73 Å². The SMILES string of the molecule is NC(=O)c1c(OCc2cc(F)c(Cl)cc2F)nsc1NC(=O)NCCCO. The lowest BCUT2D eigenvalue weighted by atomic mass is 10.2. The van der Waals surface area contributed by atoms with E-state index in [1.54, 1.807) is 0 Å². The first-order valence-electron chi connectivity index (χ1n) is 7.55. The van der Waals surface area contributed by atoms with Gasteiger partial charge in [-0.1, -0.05) is 11.6 Å². The number of aromatic nitrogens is 1. The molecule has 0 saturated heterocycles. The molecule has 146 valence electrons. The molecule has 0 bridgehead atoms. The molecule has 0 aliphatic heterocycles. The molecule has 27 heavy (non-hydrogen) atoms. The summed E-state index contributed by atoms with van der Waals surface area (Å²) in [6.07, 6.45) is 0.358. The number of carbonyl (C=O) groups is 2. The Morgan fingerprint density at radius 1 is 1.33 bits per heavy atom. The molecule has 12 heteroatoms. The third-order valence-electron chi connectivity index (χ3n) is 3.21. The summed E-state index contributed by atoms with van der Waals surface area (Å²) in [7, 11) is 0. The normalized spacial score (nSPS) is 10.5. The van der Waals surface area contributed by atoms with Gasteiger partial charge in [-0.05, 0) is 30.1 Å². The molecule has 0 radical (unpaired) electrons. The van der Waals surface area contributed by atoms with Gasteiger partial charge in [0.1, 0.15) is 28.8 Å². The van der Waals surface area contributed by atoms with Crippen molar-refractivity contribution in [1.82, 2.24) is 9.69 Å². The molecule has 1 aromatic carbocycles. The molecule has 0 unspecified atom stereocenters. The number of nitrogens with zero attached hydrogens (tertiary/aromatic N) is 1. The van der Waals surface area contributed by atoms with E-state index in [1.165, 1.54) is 0 Å². The molecule has 0 aliphatic carbocycles. The van der Waals surface area contributed by atoms with Gasteiger partial charge in [-0.2, -0.15) is 4.37 Å². The summed E-state index contributed by atoms with van der Waals surface area (Å²) in [5.74, 6) is -2.77. The Hall–Kier alpha value is -2.50. The van der Waals surface area contributed by atoms with Crippen LogP contribution in [0, 0.1) is 11.6 Å². The number of nitrogens with two attached hydrogens (primary N) is 1. The number of hydrogen-bond acceptors (Lipinski definition) is 6. The van der Waals surface area contributed by atoms with E-state index in [-0.39, 0.29) is 40.2 Å². The van der Waals surface area contributed by atoms with Gasteiger partial charge in [0.2, 0.25) is 5.88 Å². The van der Waals surface area contributed by atoms with Crippen LogP contribution in [0.2, 0.25) is 5.02 Å². The lowest BCUT2D eigenvalue weighted by Gasteiger charge is -2.08. The number of amides is 3. The second-order valence-electron chi connectivity index (χ2n) is 5.16. The molecule has 2 rings (SSSR count). The highest BCUT2D eigenvalue weighted by molar-refractivity contribution is 7.11. The van der Waals surface area contributed by atoms with Crippen LogP contribution in [0.25, 0.3) is 0 Å². The first-order chi connectivity index (χ1) is 12.8. The van der Waals surface area contributed by atoms with Crippen molar-refractivity contribution in [3.8, 4) is 5.88 Å². The maximum atomic E-state index is 13.8. The van der Waals surface area contributed by atoms with Gasteiger partial charge in [0.05, 0.1) is 5.02 Å². The third-order valence-corrected chi connectivity index (χ3v) is 4.24. The lowest BCUT2D eigenvalue weighted by Crippen LogP contribution is -2.30. The number of urea groups is 1. The number of anilines is 1. The zero-order chi connectivity index (χ0) is 20.0. The largest absolute Gasteiger partial charge is 0.471 e. The van der Waals surface area contributed by atoms with Gasteiger partial charge in [-0.15, -0.1) is 0 Å². The van der Waals surface area contributed by atoms with Gasteiger partial charge >= 0.3 is 6.03 Å². The summed E-state index contributed by atoms with van der Waals surface area (Å²) in [6, 6.07) is 1.03. The number of rotatable bonds is 8. The molecular formula is C15H15ClF2N4O4S. The number of nitrogens with one attached hydrogen (secondary N) is 2. The molecule has 0 aliphatic rings. The summed E-state index contributed by atoms with van der Waals surface area (Å²) in [6.45, 7) is -0.308. The number of hydrogen-bond donors (Lipinski definition) is 4. The smallest absolute Gasteiger partial charge is 0.319 e. The molecule has 5 N–H and O–H groups in total. The van der Waals surface area contributed by atoms with Gasteiger partial charge in [0.25, 0.3) is 5.91 Å². The Bertz CT molecular complexity index is 849. The minimum Gasteiger partial charge on any atom is -0.471 e. The molecular weight excluding hydrogens is 406 g/mol. The molecule has 0 fully saturated rings. The van der Waals surface area contributed by atoms with Crippen LogP contribution in [0.15, 0.2) is 12.1 Å². The first-order valence-corrected chi connectivity index (χ1v) is 8.70. The molecule has 0 spiro atoms. The highest BCUT2D eigenvalue weighted by atomic mass is 35.5. The van der Waals surface area contributed by atoms with Crippen LogP contribution < -0.4 is 21.1 Å². The van der Waals surface area contributed by atoms with Crippen molar-refractivity contribution >= 4 is 40.1 Å². The molecule has 3 amide bonds. The van der Waals surface area contributed by atoms with E-state index in [0.717, 1.165) is 23.7 Å². The Morgan fingerprint density at radius 3 is 2.74 bits per heavy atom. The summed E-state index contributed by atoms with van der Waals surface area (Å²) in [5.41, 5.74) is 4.95. The van der Waals surface area contributed by atoms with Crippen LogP contribution >= 0.6 is 23.1 Å². The van der Waals surface area contributed by atoms with Crippen molar-refractivity contribution < 1.29 is 28.2 Å². The number of halogens is 3. The number of aliphatic hydroxyl groups is 1. The molecule has 1 heterocycles. The van der Waals surface area contributed by atoms with Crippen molar-refractivity contribution in [2.75, 3.05) is 18.5 Å². The topological polar surface area (TPSA) is 127 Å². The Labute approximate surface area is 161 Å².